The molecule has 1 saturated heterocycles. The lowest BCUT2D eigenvalue weighted by molar-refractivity contribution is -0.0760. The van der Waals surface area contributed by atoms with Crippen LogP contribution in [-0.2, 0) is 4.74 Å². The number of hydrogen-bond acceptors (Lipinski definition) is 8. The molecule has 1 aromatic heterocycles. The average molecular weight is 346 g/mol. The van der Waals surface area contributed by atoms with Crippen LogP contribution in [0.2, 0.25) is 0 Å². The van der Waals surface area contributed by atoms with E-state index in [1.165, 1.54) is 11.9 Å². The van der Waals surface area contributed by atoms with Crippen molar-refractivity contribution in [3.05, 3.63) is 23.9 Å². The fourth-order valence-corrected chi connectivity index (χ4v) is 3.29. The van der Waals surface area contributed by atoms with Gasteiger partial charge in [0.2, 0.25) is 5.96 Å². The van der Waals surface area contributed by atoms with Gasteiger partial charge in [0.25, 0.3) is 0 Å². The van der Waals surface area contributed by atoms with Gasteiger partial charge in [-0.05, 0) is 19.4 Å². The first-order chi connectivity index (χ1) is 11.6. The number of guanidine groups is 1. The Morgan fingerprint density at radius 3 is 2.76 bits per heavy atom. The van der Waals surface area contributed by atoms with Crippen molar-refractivity contribution in [2.75, 3.05) is 0 Å². The monoisotopic (exact) mass is 346 g/mol. The molecule has 134 valence electrons. The maximum absolute atomic E-state index is 10.5. The molecule has 0 radical (unpaired) electrons. The molecule has 3 rings (SSSR count). The third-order valence-corrected chi connectivity index (χ3v) is 4.72. The molecule has 0 bridgehead atoms. The highest BCUT2D eigenvalue weighted by atomic mass is 16.5. The van der Waals surface area contributed by atoms with Crippen LogP contribution in [0, 0.1) is 19.3 Å². The van der Waals surface area contributed by atoms with E-state index in [0.717, 1.165) is 5.56 Å². The number of hydrogen-bond donors (Lipinski definition) is 5. The first-order valence-electron chi connectivity index (χ1n) is 7.71. The third kappa shape index (κ3) is 2.27. The fraction of sp³-hybridized carbons (Fsp3) is 0.438. The van der Waals surface area contributed by atoms with E-state index < -0.39 is 30.1 Å². The number of ether oxygens (including phenoxy) is 1. The molecule has 0 aliphatic carbocycles. The summed E-state index contributed by atoms with van der Waals surface area (Å²) in [6.45, 7) is 7.27. The number of aryl methyl sites for hydroxylation is 1. The molecule has 5 atom stereocenters. The van der Waals surface area contributed by atoms with E-state index in [-0.39, 0.29) is 5.96 Å². The van der Waals surface area contributed by atoms with Crippen molar-refractivity contribution in [3.8, 4) is 12.3 Å². The Morgan fingerprint density at radius 1 is 1.56 bits per heavy atom. The number of nitrogens with two attached hydrogens (primary N) is 3. The number of terminal acetylenes is 1. The zero-order valence-corrected chi connectivity index (χ0v) is 14.0. The van der Waals surface area contributed by atoms with E-state index in [1.807, 2.05) is 6.92 Å². The first kappa shape index (κ1) is 17.5. The molecule has 0 amide bonds. The number of fused-ring (bicyclic) bond motifs is 1. The van der Waals surface area contributed by atoms with Crippen LogP contribution in [0.4, 0.5) is 5.82 Å². The molecule has 25 heavy (non-hydrogen) atoms. The standard InChI is InChI=1S/C16H22N6O3/c1-5-16(18)12(24)11(9(4)23)25-14(16)21-6-7(2)10-8(3)22(19)15(17)20-13(10)21/h1,6,9,11-12,14,23-24H,3,18-19H2,2,4H3,(H2,17,20)/t9-,11+,12?,14+,16+/m0/s1. The lowest BCUT2D eigenvalue weighted by Crippen LogP contribution is -2.54. The summed E-state index contributed by atoms with van der Waals surface area (Å²) in [5, 5.41) is 21.5. The maximum atomic E-state index is 10.5. The molecule has 0 aromatic carbocycles. The van der Waals surface area contributed by atoms with Crippen LogP contribution in [0.5, 0.6) is 0 Å². The van der Waals surface area contributed by atoms with Gasteiger partial charge in [0.15, 0.2) is 11.8 Å². The van der Waals surface area contributed by atoms with Crippen LogP contribution in [0.25, 0.3) is 5.70 Å². The summed E-state index contributed by atoms with van der Waals surface area (Å²) in [6, 6.07) is 0. The summed E-state index contributed by atoms with van der Waals surface area (Å²) in [4.78, 5) is 4.29. The number of aromatic nitrogens is 1. The zero-order chi connectivity index (χ0) is 18.7. The second kappa shape index (κ2) is 5.59. The largest absolute Gasteiger partial charge is 0.391 e. The number of aliphatic imine (C=N–C) groups is 1. The Morgan fingerprint density at radius 2 is 2.20 bits per heavy atom. The van der Waals surface area contributed by atoms with Gasteiger partial charge in [0, 0.05) is 11.8 Å². The molecule has 2 aliphatic heterocycles. The third-order valence-electron chi connectivity index (χ3n) is 4.72. The topological polar surface area (TPSA) is 148 Å². The highest BCUT2D eigenvalue weighted by Gasteiger charge is 2.56. The quantitative estimate of drug-likeness (QED) is 0.336. The molecule has 0 spiro atoms. The van der Waals surface area contributed by atoms with E-state index in [1.54, 1.807) is 10.8 Å². The molecule has 8 N–H and O–H groups in total. The average Bonchev–Trinajstić information content (AvgIpc) is 3.01. The van der Waals surface area contributed by atoms with Crippen LogP contribution >= 0.6 is 0 Å². The van der Waals surface area contributed by atoms with Crippen molar-refractivity contribution in [2.24, 2.45) is 22.3 Å². The molecule has 9 heteroatoms. The van der Waals surface area contributed by atoms with Crippen molar-refractivity contribution in [3.63, 3.8) is 0 Å². The predicted molar refractivity (Wildman–Crippen MR) is 92.9 cm³/mol. The van der Waals surface area contributed by atoms with Gasteiger partial charge >= 0.3 is 0 Å². The molecule has 1 fully saturated rings. The molecule has 0 saturated carbocycles. The Kier molecular flexibility index (Phi) is 3.90. The summed E-state index contributed by atoms with van der Waals surface area (Å²) in [6.07, 6.45) is 3.19. The van der Waals surface area contributed by atoms with Crippen LogP contribution in [-0.4, -0.2) is 49.6 Å². The van der Waals surface area contributed by atoms with Gasteiger partial charge in [0.05, 0.1) is 11.8 Å². The van der Waals surface area contributed by atoms with E-state index in [0.29, 0.717) is 17.1 Å². The second-order valence-corrected chi connectivity index (χ2v) is 6.42. The van der Waals surface area contributed by atoms with Gasteiger partial charge in [-0.25, -0.2) is 10.9 Å². The van der Waals surface area contributed by atoms with Gasteiger partial charge in [-0.3, -0.25) is 0 Å². The molecule has 2 aliphatic rings. The maximum Gasteiger partial charge on any atom is 0.217 e. The van der Waals surface area contributed by atoms with E-state index >= 15 is 0 Å². The molecule has 9 nitrogen and oxygen atoms in total. The van der Waals surface area contributed by atoms with Crippen molar-refractivity contribution >= 4 is 17.5 Å². The van der Waals surface area contributed by atoms with Crippen molar-refractivity contribution in [1.82, 2.24) is 9.58 Å². The molecule has 1 unspecified atom stereocenters. The molecule has 3 heterocycles. The highest BCUT2D eigenvalue weighted by molar-refractivity contribution is 5.95. The second-order valence-electron chi connectivity index (χ2n) is 6.42. The molecular formula is C16H22N6O3. The number of aliphatic hydroxyl groups excluding tert-OH is 2. The number of nitrogens with zero attached hydrogens (tertiary/aromatic N) is 3. The Labute approximate surface area is 145 Å². The van der Waals surface area contributed by atoms with Gasteiger partial charge in [-0.2, -0.15) is 4.99 Å². The summed E-state index contributed by atoms with van der Waals surface area (Å²) in [5.41, 5.74) is 12.5. The number of hydrazine groups is 1. The van der Waals surface area contributed by atoms with Gasteiger partial charge < -0.3 is 31.0 Å². The summed E-state index contributed by atoms with van der Waals surface area (Å²) < 4.78 is 7.41. The smallest absolute Gasteiger partial charge is 0.217 e. The summed E-state index contributed by atoms with van der Waals surface area (Å²) in [5.74, 6) is 8.72. The number of rotatable bonds is 2. The van der Waals surface area contributed by atoms with Crippen molar-refractivity contribution in [2.45, 2.75) is 43.9 Å². The SMILES string of the molecule is C#C[C@@]1(N)C(O)[C@@H]([C@H](C)O)O[C@H]1n1cc(C)c2c1N=C(N)N(N)C2=C. The Balaban J connectivity index is 2.17. The molecule has 1 aromatic rings. The van der Waals surface area contributed by atoms with Crippen LogP contribution < -0.4 is 17.3 Å². The zero-order valence-electron chi connectivity index (χ0n) is 14.0. The predicted octanol–water partition coefficient (Wildman–Crippen LogP) is -1.13. The van der Waals surface area contributed by atoms with Crippen LogP contribution in [0.1, 0.15) is 24.3 Å². The van der Waals surface area contributed by atoms with E-state index in [2.05, 4.69) is 17.5 Å². The lowest BCUT2D eigenvalue weighted by Gasteiger charge is -2.30. The van der Waals surface area contributed by atoms with Crippen LogP contribution in [0.15, 0.2) is 17.8 Å². The normalized spacial score (nSPS) is 33.0. The minimum Gasteiger partial charge on any atom is -0.391 e. The number of aliphatic hydroxyl groups is 2. The van der Waals surface area contributed by atoms with E-state index in [9.17, 15) is 10.2 Å². The summed E-state index contributed by atoms with van der Waals surface area (Å²) >= 11 is 0. The first-order valence-corrected chi connectivity index (χ1v) is 7.71. The van der Waals surface area contributed by atoms with E-state index in [4.69, 9.17) is 28.5 Å². The van der Waals surface area contributed by atoms with Crippen LogP contribution in [0.3, 0.4) is 0 Å². The van der Waals surface area contributed by atoms with Gasteiger partial charge in [0.1, 0.15) is 18.0 Å². The van der Waals surface area contributed by atoms with Crippen molar-refractivity contribution in [1.29, 1.82) is 0 Å². The van der Waals surface area contributed by atoms with Gasteiger partial charge in [-0.1, -0.05) is 12.5 Å². The Bertz CT molecular complexity index is 808. The lowest BCUT2D eigenvalue weighted by atomic mass is 9.90. The van der Waals surface area contributed by atoms with Gasteiger partial charge in [-0.15, -0.1) is 6.42 Å². The highest BCUT2D eigenvalue weighted by Crippen LogP contribution is 2.44. The minimum atomic E-state index is -1.56. The fourth-order valence-electron chi connectivity index (χ4n) is 3.29. The van der Waals surface area contributed by atoms with Crippen molar-refractivity contribution < 1.29 is 14.9 Å². The minimum absolute atomic E-state index is 0.0470. The Hall–Kier alpha value is -2.35. The molecular weight excluding hydrogens is 324 g/mol. The summed E-state index contributed by atoms with van der Waals surface area (Å²) in [7, 11) is 0.